The summed E-state index contributed by atoms with van der Waals surface area (Å²) < 4.78 is 14.9. The standard InChI is InChI=1S/C11H20O4/c1-2-3-4-5-6-7-10(12)15-11-13-8-9-14-11/h11H,2-9H2,1H3. The van der Waals surface area contributed by atoms with E-state index < -0.39 is 6.48 Å². The molecule has 4 nitrogen and oxygen atoms in total. The van der Waals surface area contributed by atoms with Crippen molar-refractivity contribution in [1.29, 1.82) is 0 Å². The molecule has 0 aromatic carbocycles. The summed E-state index contributed by atoms with van der Waals surface area (Å²) in [6, 6.07) is 0. The van der Waals surface area contributed by atoms with Gasteiger partial charge in [-0.2, -0.15) is 0 Å². The molecule has 0 aliphatic carbocycles. The van der Waals surface area contributed by atoms with Crippen molar-refractivity contribution in [3.05, 3.63) is 0 Å². The molecule has 0 amide bonds. The summed E-state index contributed by atoms with van der Waals surface area (Å²) in [5.41, 5.74) is 0. The van der Waals surface area contributed by atoms with E-state index in [1.165, 1.54) is 19.3 Å². The SMILES string of the molecule is CCCCCCCC(=O)OC1OCCO1. The zero-order valence-electron chi connectivity index (χ0n) is 9.37. The molecule has 0 saturated carbocycles. The van der Waals surface area contributed by atoms with Gasteiger partial charge in [-0.1, -0.05) is 32.6 Å². The van der Waals surface area contributed by atoms with Crippen molar-refractivity contribution in [2.45, 2.75) is 51.9 Å². The van der Waals surface area contributed by atoms with Gasteiger partial charge in [-0.15, -0.1) is 0 Å². The molecule has 4 heteroatoms. The molecule has 0 radical (unpaired) electrons. The molecule has 88 valence electrons. The van der Waals surface area contributed by atoms with Gasteiger partial charge in [-0.25, -0.2) is 0 Å². The minimum atomic E-state index is -0.756. The van der Waals surface area contributed by atoms with Gasteiger partial charge >= 0.3 is 12.4 Å². The summed E-state index contributed by atoms with van der Waals surface area (Å²) in [6.45, 7) is 2.43. The fourth-order valence-electron chi connectivity index (χ4n) is 1.44. The largest absolute Gasteiger partial charge is 0.410 e. The summed E-state index contributed by atoms with van der Waals surface area (Å²) in [5.74, 6) is -0.224. The predicted octanol–water partition coefficient (Wildman–Crippen LogP) is 2.22. The third-order valence-corrected chi connectivity index (χ3v) is 2.30. The first-order valence-corrected chi connectivity index (χ1v) is 5.75. The lowest BCUT2D eigenvalue weighted by Gasteiger charge is -2.09. The molecular weight excluding hydrogens is 196 g/mol. The van der Waals surface area contributed by atoms with Gasteiger partial charge in [0.25, 0.3) is 0 Å². The Morgan fingerprint density at radius 3 is 2.53 bits per heavy atom. The van der Waals surface area contributed by atoms with Crippen molar-refractivity contribution in [3.63, 3.8) is 0 Å². The highest BCUT2D eigenvalue weighted by molar-refractivity contribution is 5.69. The van der Waals surface area contributed by atoms with E-state index >= 15 is 0 Å². The molecule has 0 bridgehead atoms. The van der Waals surface area contributed by atoms with Crippen LogP contribution in [0.2, 0.25) is 0 Å². The van der Waals surface area contributed by atoms with Crippen LogP contribution in [0, 0.1) is 0 Å². The fraction of sp³-hybridized carbons (Fsp3) is 0.909. The lowest BCUT2D eigenvalue weighted by Crippen LogP contribution is -2.18. The highest BCUT2D eigenvalue weighted by Gasteiger charge is 2.19. The second-order valence-electron chi connectivity index (χ2n) is 3.68. The summed E-state index contributed by atoms with van der Waals surface area (Å²) >= 11 is 0. The Labute approximate surface area is 90.9 Å². The molecule has 0 aromatic heterocycles. The number of carbonyl (C=O) groups excluding carboxylic acids is 1. The number of unbranched alkanes of at least 4 members (excludes halogenated alkanes) is 4. The third-order valence-electron chi connectivity index (χ3n) is 2.30. The predicted molar refractivity (Wildman–Crippen MR) is 55.2 cm³/mol. The van der Waals surface area contributed by atoms with Gasteiger partial charge in [0, 0.05) is 6.42 Å². The molecule has 0 atom stereocenters. The quantitative estimate of drug-likeness (QED) is 0.483. The van der Waals surface area contributed by atoms with Crippen LogP contribution in [0.4, 0.5) is 0 Å². The van der Waals surface area contributed by atoms with Crippen LogP contribution >= 0.6 is 0 Å². The second-order valence-corrected chi connectivity index (χ2v) is 3.68. The van der Waals surface area contributed by atoms with E-state index in [0.717, 1.165) is 12.8 Å². The number of carbonyl (C=O) groups is 1. The zero-order chi connectivity index (χ0) is 10.9. The van der Waals surface area contributed by atoms with Crippen molar-refractivity contribution in [1.82, 2.24) is 0 Å². The smallest absolute Gasteiger partial charge is 0.318 e. The number of esters is 1. The van der Waals surface area contributed by atoms with Gasteiger partial charge in [-0.3, -0.25) is 4.79 Å². The van der Waals surface area contributed by atoms with E-state index in [-0.39, 0.29) is 5.97 Å². The first-order valence-electron chi connectivity index (χ1n) is 5.75. The summed E-state index contributed by atoms with van der Waals surface area (Å²) in [6.07, 6.45) is 6.10. The molecule has 0 N–H and O–H groups in total. The fourth-order valence-corrected chi connectivity index (χ4v) is 1.44. The van der Waals surface area contributed by atoms with E-state index in [1.807, 2.05) is 0 Å². The number of hydrogen-bond acceptors (Lipinski definition) is 4. The minimum absolute atomic E-state index is 0.224. The Balaban J connectivity index is 1.93. The summed E-state index contributed by atoms with van der Waals surface area (Å²) in [4.78, 5) is 11.2. The van der Waals surface area contributed by atoms with Crippen LogP contribution in [-0.2, 0) is 19.0 Å². The van der Waals surface area contributed by atoms with Crippen LogP contribution in [0.3, 0.4) is 0 Å². The van der Waals surface area contributed by atoms with Crippen LogP contribution in [0.5, 0.6) is 0 Å². The van der Waals surface area contributed by atoms with Gasteiger partial charge in [0.1, 0.15) is 0 Å². The van der Waals surface area contributed by atoms with Gasteiger partial charge in [0.15, 0.2) is 0 Å². The topological polar surface area (TPSA) is 44.8 Å². The molecule has 1 saturated heterocycles. The normalized spacial score (nSPS) is 16.9. The molecule has 1 rings (SSSR count). The molecule has 0 spiro atoms. The van der Waals surface area contributed by atoms with Crippen LogP contribution in [0.15, 0.2) is 0 Å². The highest BCUT2D eigenvalue weighted by Crippen LogP contribution is 2.09. The van der Waals surface area contributed by atoms with Gasteiger partial charge in [-0.05, 0) is 6.42 Å². The van der Waals surface area contributed by atoms with Crippen LogP contribution in [0.25, 0.3) is 0 Å². The first kappa shape index (κ1) is 12.5. The van der Waals surface area contributed by atoms with Gasteiger partial charge < -0.3 is 14.2 Å². The monoisotopic (exact) mass is 216 g/mol. The molecule has 1 fully saturated rings. The maximum absolute atomic E-state index is 11.2. The Kier molecular flexibility index (Phi) is 6.36. The molecule has 1 aliphatic rings. The number of hydrogen-bond donors (Lipinski definition) is 0. The molecule has 0 unspecified atom stereocenters. The van der Waals surface area contributed by atoms with Gasteiger partial charge in [0.2, 0.25) is 0 Å². The summed E-state index contributed by atoms with van der Waals surface area (Å²) in [5, 5.41) is 0. The van der Waals surface area contributed by atoms with Crippen molar-refractivity contribution in [3.8, 4) is 0 Å². The van der Waals surface area contributed by atoms with Crippen molar-refractivity contribution >= 4 is 5.97 Å². The van der Waals surface area contributed by atoms with E-state index in [0.29, 0.717) is 19.6 Å². The van der Waals surface area contributed by atoms with Crippen LogP contribution in [0.1, 0.15) is 45.4 Å². The Hall–Kier alpha value is -0.610. The van der Waals surface area contributed by atoms with Gasteiger partial charge in [0.05, 0.1) is 13.2 Å². The van der Waals surface area contributed by atoms with Crippen LogP contribution < -0.4 is 0 Å². The number of ether oxygens (including phenoxy) is 3. The Bertz CT molecular complexity index is 175. The molecule has 0 aromatic rings. The van der Waals surface area contributed by atoms with Crippen molar-refractivity contribution < 1.29 is 19.0 Å². The van der Waals surface area contributed by atoms with E-state index in [4.69, 9.17) is 14.2 Å². The number of rotatable bonds is 7. The molecule has 1 heterocycles. The zero-order valence-corrected chi connectivity index (χ0v) is 9.37. The van der Waals surface area contributed by atoms with E-state index in [9.17, 15) is 4.79 Å². The average Bonchev–Trinajstić information content (AvgIpc) is 2.70. The molecule has 15 heavy (non-hydrogen) atoms. The Morgan fingerprint density at radius 1 is 1.20 bits per heavy atom. The van der Waals surface area contributed by atoms with E-state index in [2.05, 4.69) is 6.92 Å². The minimum Gasteiger partial charge on any atom is -0.410 e. The lowest BCUT2D eigenvalue weighted by atomic mass is 10.1. The van der Waals surface area contributed by atoms with Crippen LogP contribution in [-0.4, -0.2) is 25.7 Å². The lowest BCUT2D eigenvalue weighted by molar-refractivity contribution is -0.227. The molecule has 1 aliphatic heterocycles. The summed E-state index contributed by atoms with van der Waals surface area (Å²) in [7, 11) is 0. The highest BCUT2D eigenvalue weighted by atomic mass is 16.9. The molecular formula is C11H20O4. The van der Waals surface area contributed by atoms with Crippen molar-refractivity contribution in [2.24, 2.45) is 0 Å². The maximum atomic E-state index is 11.2. The first-order chi connectivity index (χ1) is 7.33. The average molecular weight is 216 g/mol. The van der Waals surface area contributed by atoms with Crippen molar-refractivity contribution in [2.75, 3.05) is 13.2 Å². The third kappa shape index (κ3) is 5.74. The second kappa shape index (κ2) is 7.65. The van der Waals surface area contributed by atoms with E-state index in [1.54, 1.807) is 0 Å². The Morgan fingerprint density at radius 2 is 1.87 bits per heavy atom. The maximum Gasteiger partial charge on any atom is 0.318 e.